The van der Waals surface area contributed by atoms with Crippen LogP contribution in [0.2, 0.25) is 0 Å². The number of likely N-dealkylation sites (tertiary alicyclic amines) is 1. The first-order valence-electron chi connectivity index (χ1n) is 16.2. The predicted octanol–water partition coefficient (Wildman–Crippen LogP) is 1.31. The zero-order valence-corrected chi connectivity index (χ0v) is 27.9. The molecule has 1 aromatic carbocycles. The van der Waals surface area contributed by atoms with Gasteiger partial charge in [-0.3, -0.25) is 44.2 Å². The van der Waals surface area contributed by atoms with E-state index in [4.69, 9.17) is 11.5 Å². The number of nitrogens with zero attached hydrogens (tertiary/aromatic N) is 3. The Bertz CT molecular complexity index is 1350. The second kappa shape index (κ2) is 18.7. The molecule has 0 radical (unpaired) electrons. The number of hydrogen-bond acceptors (Lipinski definition) is 11. The van der Waals surface area contributed by atoms with Gasteiger partial charge in [0.2, 0.25) is 23.6 Å². The lowest BCUT2D eigenvalue weighted by atomic mass is 9.94. The number of non-ortho nitro benzene ring substituents is 1. The largest absolute Gasteiger partial charge is 0.345 e. The highest BCUT2D eigenvalue weighted by molar-refractivity contribution is 6.05. The first kappa shape index (κ1) is 39.7. The minimum atomic E-state index is -1.23. The Labute approximate surface area is 279 Å². The molecule has 1 aromatic rings. The van der Waals surface area contributed by atoms with Crippen LogP contribution in [0.15, 0.2) is 18.2 Å². The molecule has 17 heteroatoms. The van der Waals surface area contributed by atoms with Gasteiger partial charge in [0.05, 0.1) is 40.1 Å². The summed E-state index contributed by atoms with van der Waals surface area (Å²) in [7, 11) is 0. The van der Waals surface area contributed by atoms with Crippen LogP contribution >= 0.6 is 0 Å². The van der Waals surface area contributed by atoms with Gasteiger partial charge in [-0.1, -0.05) is 34.1 Å². The number of nitrogens with one attached hydrogen (secondary N) is 3. The van der Waals surface area contributed by atoms with Gasteiger partial charge in [0.1, 0.15) is 12.1 Å². The maximum absolute atomic E-state index is 13.4. The van der Waals surface area contributed by atoms with Gasteiger partial charge in [0.25, 0.3) is 11.4 Å². The molecule has 0 aliphatic carbocycles. The highest BCUT2D eigenvalue weighted by Crippen LogP contribution is 2.27. The zero-order chi connectivity index (χ0) is 36.1. The van der Waals surface area contributed by atoms with E-state index in [1.807, 2.05) is 13.8 Å². The van der Waals surface area contributed by atoms with E-state index in [1.54, 1.807) is 13.8 Å². The molecule has 4 atom stereocenters. The van der Waals surface area contributed by atoms with E-state index in [9.17, 15) is 44.2 Å². The Morgan fingerprint density at radius 2 is 1.60 bits per heavy atom. The molecule has 1 saturated heterocycles. The molecule has 48 heavy (non-hydrogen) atoms. The van der Waals surface area contributed by atoms with Crippen molar-refractivity contribution in [3.8, 4) is 0 Å². The topological polar surface area (TPSA) is 263 Å². The summed E-state index contributed by atoms with van der Waals surface area (Å²) in [6.07, 6.45) is 3.18. The van der Waals surface area contributed by atoms with Crippen LogP contribution in [0, 0.1) is 32.1 Å². The minimum absolute atomic E-state index is 0.0299. The lowest BCUT2D eigenvalue weighted by Crippen LogP contribution is -2.56. The Morgan fingerprint density at radius 1 is 0.958 bits per heavy atom. The third kappa shape index (κ3) is 11.6. The second-order valence-corrected chi connectivity index (χ2v) is 12.8. The molecule has 1 heterocycles. The normalized spacial score (nSPS) is 16.2. The van der Waals surface area contributed by atoms with E-state index in [2.05, 4.69) is 16.0 Å². The van der Waals surface area contributed by atoms with Gasteiger partial charge >= 0.3 is 0 Å². The molecule has 0 aromatic heterocycles. The van der Waals surface area contributed by atoms with Gasteiger partial charge in [0.15, 0.2) is 5.78 Å². The van der Waals surface area contributed by atoms with Crippen molar-refractivity contribution in [1.29, 1.82) is 0 Å². The van der Waals surface area contributed by atoms with Crippen molar-refractivity contribution in [2.45, 2.75) is 96.8 Å². The van der Waals surface area contributed by atoms with Gasteiger partial charge in [0, 0.05) is 12.6 Å². The number of hydrogen-bond donors (Lipinski definition) is 5. The molecule has 17 nitrogen and oxygen atoms in total. The number of benzene rings is 1. The van der Waals surface area contributed by atoms with Crippen LogP contribution in [0.3, 0.4) is 0 Å². The van der Waals surface area contributed by atoms with Crippen molar-refractivity contribution in [2.75, 3.05) is 19.6 Å². The summed E-state index contributed by atoms with van der Waals surface area (Å²) in [5.74, 6) is -3.25. The molecule has 1 aliphatic rings. The Hall–Kier alpha value is -4.51. The first-order valence-corrected chi connectivity index (χ1v) is 16.2. The van der Waals surface area contributed by atoms with E-state index in [0.29, 0.717) is 44.8 Å². The van der Waals surface area contributed by atoms with E-state index in [1.165, 1.54) is 4.90 Å². The molecule has 4 amide bonds. The Kier molecular flexibility index (Phi) is 15.5. The second-order valence-electron chi connectivity index (χ2n) is 12.8. The number of carbonyl (C=O) groups is 5. The average molecular weight is 677 g/mol. The fraction of sp³-hybridized carbons (Fsp3) is 0.645. The maximum atomic E-state index is 13.4. The van der Waals surface area contributed by atoms with E-state index in [0.717, 1.165) is 18.6 Å². The summed E-state index contributed by atoms with van der Waals surface area (Å²) in [4.78, 5) is 88.3. The molecule has 1 fully saturated rings. The van der Waals surface area contributed by atoms with E-state index >= 15 is 0 Å². The fourth-order valence-corrected chi connectivity index (χ4v) is 5.54. The summed E-state index contributed by atoms with van der Waals surface area (Å²) in [5.41, 5.74) is 9.87. The van der Waals surface area contributed by atoms with Crippen LogP contribution < -0.4 is 27.4 Å². The minimum Gasteiger partial charge on any atom is -0.345 e. The number of Topliss-reactive ketones (excluding diaryl/α,β-unsaturated/α-hetero) is 1. The lowest BCUT2D eigenvalue weighted by Gasteiger charge is -2.28. The van der Waals surface area contributed by atoms with Gasteiger partial charge in [-0.15, -0.1) is 0 Å². The average Bonchev–Trinajstić information content (AvgIpc) is 3.51. The van der Waals surface area contributed by atoms with Crippen LogP contribution in [0.25, 0.3) is 0 Å². The third-order valence-corrected chi connectivity index (χ3v) is 7.90. The number of ketones is 1. The summed E-state index contributed by atoms with van der Waals surface area (Å²) >= 11 is 0. The van der Waals surface area contributed by atoms with Crippen molar-refractivity contribution in [3.05, 3.63) is 44.0 Å². The monoisotopic (exact) mass is 676 g/mol. The first-order chi connectivity index (χ1) is 22.6. The Balaban J connectivity index is 2.11. The number of rotatable bonds is 19. The van der Waals surface area contributed by atoms with Gasteiger partial charge < -0.3 is 32.3 Å². The molecular weight excluding hydrogens is 628 g/mol. The number of carbonyl (C=O) groups excluding carboxylic acids is 5. The van der Waals surface area contributed by atoms with Gasteiger partial charge in [-0.2, -0.15) is 0 Å². The molecular formula is C31H48N8O9. The van der Waals surface area contributed by atoms with E-state index < -0.39 is 81.0 Å². The Morgan fingerprint density at radius 3 is 2.19 bits per heavy atom. The van der Waals surface area contributed by atoms with Crippen LogP contribution in [-0.4, -0.2) is 88.0 Å². The molecule has 266 valence electrons. The highest BCUT2D eigenvalue weighted by atomic mass is 16.6. The lowest BCUT2D eigenvalue weighted by molar-refractivity contribution is -0.394. The van der Waals surface area contributed by atoms with Crippen molar-refractivity contribution >= 4 is 40.8 Å². The van der Waals surface area contributed by atoms with Crippen LogP contribution in [-0.2, 0) is 19.2 Å². The van der Waals surface area contributed by atoms with Crippen molar-refractivity contribution < 1.29 is 33.8 Å². The van der Waals surface area contributed by atoms with Crippen LogP contribution in [0.1, 0.15) is 83.0 Å². The maximum Gasteiger partial charge on any atom is 0.287 e. The number of nitro benzene ring substituents is 2. The molecule has 0 bridgehead atoms. The highest BCUT2D eigenvalue weighted by Gasteiger charge is 2.38. The van der Waals surface area contributed by atoms with Gasteiger partial charge in [-0.25, -0.2) is 0 Å². The van der Waals surface area contributed by atoms with Crippen LogP contribution in [0.5, 0.6) is 0 Å². The molecule has 0 saturated carbocycles. The molecule has 2 rings (SSSR count). The fourth-order valence-electron chi connectivity index (χ4n) is 5.54. The molecule has 0 unspecified atom stereocenters. The number of nitro groups is 2. The number of unbranched alkanes of at least 4 members (excludes halogenated alkanes) is 1. The van der Waals surface area contributed by atoms with Gasteiger partial charge in [-0.05, 0) is 63.0 Å². The number of nitrogens with two attached hydrogens (primary N) is 2. The summed E-state index contributed by atoms with van der Waals surface area (Å²) in [6, 6.07) is -1.19. The summed E-state index contributed by atoms with van der Waals surface area (Å²) in [5, 5.41) is 30.4. The number of amides is 4. The molecule has 0 spiro atoms. The zero-order valence-electron chi connectivity index (χ0n) is 27.9. The summed E-state index contributed by atoms with van der Waals surface area (Å²) in [6.45, 7) is 7.52. The van der Waals surface area contributed by atoms with Crippen molar-refractivity contribution in [2.24, 2.45) is 23.3 Å². The summed E-state index contributed by atoms with van der Waals surface area (Å²) < 4.78 is 0. The standard InChI is InChI=1S/C31H48N8O9/c1-18(2)14-23(28(41)21-11-10-20(38(45)46)16-26(21)39(47)48)35-27(40)17-34-29(42)24(15-19(3)4)36-30(43)25-9-7-13-37(25)31(44)22(33)8-5-6-12-32/h10-11,16,18-19,22-25H,5-9,12-15,17,32-33H2,1-4H3,(H,34,42)(H,35,40)(H,36,43)/t22-,23-,24-,25-/m0/s1. The predicted molar refractivity (Wildman–Crippen MR) is 175 cm³/mol. The SMILES string of the molecule is CC(C)C[C@H](NC(=O)[C@@H]1CCCN1C(=O)[C@@H](N)CCCCN)C(=O)NCC(=O)N[C@@H](CC(C)C)C(=O)c1ccc([N+](=O)[O-])cc1[N+](=O)[O-]. The quantitative estimate of drug-likeness (QED) is 0.0603. The molecule has 1 aliphatic heterocycles. The molecule has 7 N–H and O–H groups in total. The van der Waals surface area contributed by atoms with Crippen molar-refractivity contribution in [3.63, 3.8) is 0 Å². The third-order valence-electron chi connectivity index (χ3n) is 7.90. The van der Waals surface area contributed by atoms with E-state index in [-0.39, 0.29) is 30.6 Å². The smallest absolute Gasteiger partial charge is 0.287 e. The van der Waals surface area contributed by atoms with Crippen molar-refractivity contribution in [1.82, 2.24) is 20.9 Å². The van der Waals surface area contributed by atoms with Crippen LogP contribution in [0.4, 0.5) is 11.4 Å².